The summed E-state index contributed by atoms with van der Waals surface area (Å²) in [4.78, 5) is 65.0. The SMILES string of the molecule is Cc1cc(C(C(=O)N2C[C@H](O)C[C@H]2C(=O)NCc2ccc(-c3scnc3C)cc2OCCOCCO[C@@H]2C[C@@H](COc3nc4c(c(N5CCN(C(=O)O)C(CC#N)C5)n3)CCN(c3cccc5ccccc35)C4)N(C)C2)C(C)C)on1. The number of amides is 3. The predicted molar refractivity (Wildman–Crippen MR) is 303 cm³/mol. The van der Waals surface area contributed by atoms with Crippen molar-refractivity contribution >= 4 is 51.5 Å². The van der Waals surface area contributed by atoms with Crippen LogP contribution in [-0.2, 0) is 38.6 Å². The molecule has 0 aliphatic carbocycles. The average molecular weight is 1130 g/mol. The number of aryl methyl sites for hydroxylation is 2. The van der Waals surface area contributed by atoms with Crippen LogP contribution in [0.2, 0.25) is 0 Å². The van der Waals surface area contributed by atoms with Crippen molar-refractivity contribution < 1.29 is 48.1 Å². The quantitative estimate of drug-likeness (QED) is 0.0644. The van der Waals surface area contributed by atoms with Crippen LogP contribution in [0.1, 0.15) is 73.0 Å². The molecule has 4 aliphatic heterocycles. The minimum Gasteiger partial charge on any atom is -0.491 e. The largest absolute Gasteiger partial charge is 0.491 e. The van der Waals surface area contributed by atoms with Gasteiger partial charge in [-0.15, -0.1) is 11.3 Å². The number of hydrogen-bond acceptors (Lipinski definition) is 18. The van der Waals surface area contributed by atoms with Crippen LogP contribution in [0.25, 0.3) is 21.2 Å². The number of nitrogens with zero attached hydrogens (tertiary/aromatic N) is 10. The number of benzene rings is 3. The van der Waals surface area contributed by atoms with Crippen LogP contribution < -0.4 is 24.6 Å². The van der Waals surface area contributed by atoms with Gasteiger partial charge < -0.3 is 58.6 Å². The van der Waals surface area contributed by atoms with E-state index in [1.165, 1.54) is 26.5 Å². The monoisotopic (exact) mass is 1130 g/mol. The van der Waals surface area contributed by atoms with Gasteiger partial charge >= 0.3 is 12.1 Å². The molecule has 0 saturated carbocycles. The number of hydrogen-bond donors (Lipinski definition) is 3. The molecule has 3 aromatic carbocycles. The molecular weight excluding hydrogens is 1050 g/mol. The molecule has 3 aromatic heterocycles. The van der Waals surface area contributed by atoms with Gasteiger partial charge in [-0.3, -0.25) is 14.5 Å². The van der Waals surface area contributed by atoms with Crippen molar-refractivity contribution in [2.75, 3.05) is 89.2 Å². The molecule has 6 atom stereocenters. The number of anilines is 2. The lowest BCUT2D eigenvalue weighted by molar-refractivity contribution is -0.141. The van der Waals surface area contributed by atoms with E-state index in [4.69, 9.17) is 33.4 Å². The smallest absolute Gasteiger partial charge is 0.407 e. The van der Waals surface area contributed by atoms with E-state index < -0.39 is 30.2 Å². The van der Waals surface area contributed by atoms with Crippen LogP contribution in [0.5, 0.6) is 11.8 Å². The Kier molecular flexibility index (Phi) is 17.9. The Morgan fingerprint density at radius 1 is 0.914 bits per heavy atom. The first-order chi connectivity index (χ1) is 39.2. The van der Waals surface area contributed by atoms with Gasteiger partial charge in [-0.1, -0.05) is 67.5 Å². The number of β-amino-alcohol motifs (C(OH)–C–C–N with tert-alkyl or cyclic N) is 1. The van der Waals surface area contributed by atoms with E-state index in [-0.39, 0.29) is 81.6 Å². The number of likely N-dealkylation sites (tertiary alicyclic amines) is 2. The fourth-order valence-electron chi connectivity index (χ4n) is 11.7. The van der Waals surface area contributed by atoms with Crippen LogP contribution in [0, 0.1) is 31.1 Å². The molecular formula is C59H71N11O10S. The second-order valence-corrected chi connectivity index (χ2v) is 22.6. The summed E-state index contributed by atoms with van der Waals surface area (Å²) in [5, 5.41) is 39.6. The number of likely N-dealkylation sites (N-methyl/N-ethyl adjacent to an activating group) is 1. The molecule has 81 heavy (non-hydrogen) atoms. The van der Waals surface area contributed by atoms with E-state index in [1.54, 1.807) is 18.5 Å². The van der Waals surface area contributed by atoms with Gasteiger partial charge in [-0.05, 0) is 62.7 Å². The second kappa shape index (κ2) is 25.6. The number of aliphatic hydroxyl groups is 1. The van der Waals surface area contributed by atoms with Crippen molar-refractivity contribution in [3.05, 3.63) is 106 Å². The van der Waals surface area contributed by atoms with Gasteiger partial charge in [0.2, 0.25) is 11.8 Å². The number of carbonyl (C=O) groups is 3. The number of rotatable bonds is 21. The number of nitriles is 1. The maximum atomic E-state index is 14.0. The zero-order valence-corrected chi connectivity index (χ0v) is 47.3. The number of nitrogens with one attached hydrogen (secondary N) is 1. The summed E-state index contributed by atoms with van der Waals surface area (Å²) >= 11 is 1.53. The van der Waals surface area contributed by atoms with Gasteiger partial charge in [0, 0.05) is 86.5 Å². The molecule has 7 heterocycles. The third kappa shape index (κ3) is 13.0. The van der Waals surface area contributed by atoms with Gasteiger partial charge in [0.05, 0.1) is 84.6 Å². The minimum absolute atomic E-state index is 0.0279. The zero-order chi connectivity index (χ0) is 56.7. The van der Waals surface area contributed by atoms with Gasteiger partial charge in [0.1, 0.15) is 42.5 Å². The highest BCUT2D eigenvalue weighted by molar-refractivity contribution is 7.13. The molecule has 6 aromatic rings. The molecule has 3 amide bonds. The normalized spacial score (nSPS) is 20.6. The van der Waals surface area contributed by atoms with E-state index >= 15 is 0 Å². The summed E-state index contributed by atoms with van der Waals surface area (Å²) in [6.07, 6.45) is -0.326. The van der Waals surface area contributed by atoms with Crippen LogP contribution in [-0.4, -0.2) is 173 Å². The lowest BCUT2D eigenvalue weighted by atomic mass is 9.91. The van der Waals surface area contributed by atoms with Crippen LogP contribution in [0.3, 0.4) is 0 Å². The third-order valence-corrected chi connectivity index (χ3v) is 16.9. The van der Waals surface area contributed by atoms with Crippen molar-refractivity contribution in [1.29, 1.82) is 5.26 Å². The lowest BCUT2D eigenvalue weighted by Crippen LogP contribution is -2.55. The summed E-state index contributed by atoms with van der Waals surface area (Å²) in [7, 11) is 2.05. The summed E-state index contributed by atoms with van der Waals surface area (Å²) in [5.74, 6) is 0.283. The minimum atomic E-state index is -1.03. The molecule has 3 saturated heterocycles. The van der Waals surface area contributed by atoms with Crippen molar-refractivity contribution in [3.8, 4) is 28.3 Å². The number of carbonyl (C=O) groups excluding carboxylic acids is 2. The molecule has 22 heteroatoms. The maximum absolute atomic E-state index is 14.0. The van der Waals surface area contributed by atoms with Crippen molar-refractivity contribution in [3.63, 3.8) is 0 Å². The summed E-state index contributed by atoms with van der Waals surface area (Å²) in [6, 6.07) is 23.4. The highest BCUT2D eigenvalue weighted by atomic mass is 32.1. The Morgan fingerprint density at radius 2 is 1.74 bits per heavy atom. The molecule has 428 valence electrons. The Bertz CT molecular complexity index is 3230. The van der Waals surface area contributed by atoms with Crippen molar-refractivity contribution in [2.24, 2.45) is 5.92 Å². The summed E-state index contributed by atoms with van der Waals surface area (Å²) < 4.78 is 30.7. The molecule has 21 nitrogen and oxygen atoms in total. The third-order valence-electron chi connectivity index (χ3n) is 15.9. The molecule has 0 spiro atoms. The molecule has 0 bridgehead atoms. The van der Waals surface area contributed by atoms with Crippen LogP contribution in [0.4, 0.5) is 16.3 Å². The lowest BCUT2D eigenvalue weighted by Gasteiger charge is -2.41. The van der Waals surface area contributed by atoms with Gasteiger partial charge in [0.25, 0.3) is 0 Å². The number of aliphatic hydroxyl groups excluding tert-OH is 1. The zero-order valence-electron chi connectivity index (χ0n) is 46.5. The van der Waals surface area contributed by atoms with E-state index in [2.05, 4.69) is 72.6 Å². The van der Waals surface area contributed by atoms with Crippen LogP contribution in [0.15, 0.2) is 76.8 Å². The highest BCUT2D eigenvalue weighted by Crippen LogP contribution is 2.37. The summed E-state index contributed by atoms with van der Waals surface area (Å²) in [6.45, 7) is 12.3. The van der Waals surface area contributed by atoms with E-state index in [0.29, 0.717) is 69.6 Å². The first-order valence-corrected chi connectivity index (χ1v) is 28.7. The number of carboxylic acid groups (broad SMARTS) is 1. The first-order valence-electron chi connectivity index (χ1n) is 27.8. The second-order valence-electron chi connectivity index (χ2n) is 21.8. The Labute approximate surface area is 475 Å². The number of aromatic nitrogens is 4. The topological polar surface area (TPSA) is 245 Å². The molecule has 0 radical (unpaired) electrons. The van der Waals surface area contributed by atoms with Gasteiger partial charge in [-0.2, -0.15) is 15.2 Å². The first kappa shape index (κ1) is 56.8. The standard InChI is InChI=1S/C59H71N11O10S/c1-36(2)53(52-25-37(3)65-80-52)57(73)70-31-44(71)28-50(70)56(72)61-29-41-14-13-40(54-38(4)62-35-81-54)26-51(41)78-24-22-76-21-23-77-45-27-43(66(5)32-45)34-79-58-63-48-33-67(49-12-8-10-39-9-6-7-11-46(39)49)18-16-47(48)55(64-58)68-19-20-69(59(74)75)42(30-68)15-17-60/h6-14,25-26,35-36,42-45,50,53,71H,15-16,18-24,27-34H2,1-5H3,(H,61,72)(H,74,75)/t42?,43-,44+,45+,50-,53?/m0/s1. The molecule has 3 fully saturated rings. The van der Waals surface area contributed by atoms with E-state index in [9.17, 15) is 29.9 Å². The molecule has 10 rings (SSSR count). The number of thiazole rings is 1. The van der Waals surface area contributed by atoms with E-state index in [1.807, 2.05) is 52.1 Å². The van der Waals surface area contributed by atoms with E-state index in [0.717, 1.165) is 62.8 Å². The number of ether oxygens (including phenoxy) is 4. The van der Waals surface area contributed by atoms with Crippen LogP contribution >= 0.6 is 11.3 Å². The Balaban J connectivity index is 0.728. The fraction of sp³-hybridized carbons (Fsp3) is 0.492. The number of piperazine rings is 1. The van der Waals surface area contributed by atoms with Crippen molar-refractivity contribution in [2.45, 2.75) is 103 Å². The summed E-state index contributed by atoms with van der Waals surface area (Å²) in [5.41, 5.74) is 8.03. The van der Waals surface area contributed by atoms with Gasteiger partial charge in [0.15, 0.2) is 0 Å². The highest BCUT2D eigenvalue weighted by Gasteiger charge is 2.43. The Hall–Kier alpha value is -7.42. The maximum Gasteiger partial charge on any atom is 0.407 e. The average Bonchev–Trinajstić information content (AvgIpc) is 4.35. The number of fused-ring (bicyclic) bond motifs is 2. The van der Waals surface area contributed by atoms with Crippen molar-refractivity contribution in [1.82, 2.24) is 40.1 Å². The predicted octanol–water partition coefficient (Wildman–Crippen LogP) is 6.58. The fourth-order valence-corrected chi connectivity index (χ4v) is 12.5. The van der Waals surface area contributed by atoms with Gasteiger partial charge in [-0.25, -0.2) is 9.78 Å². The molecule has 2 unspecified atom stereocenters. The molecule has 3 N–H and O–H groups in total. The molecule has 4 aliphatic rings. The Morgan fingerprint density at radius 3 is 2.52 bits per heavy atom.